The van der Waals surface area contributed by atoms with Gasteiger partial charge >= 0.3 is 5.97 Å². The minimum Gasteiger partial charge on any atom is -0.478 e. The van der Waals surface area contributed by atoms with E-state index in [1.54, 1.807) is 10.9 Å². The van der Waals surface area contributed by atoms with Crippen LogP contribution in [0.4, 0.5) is 0 Å². The average Bonchev–Trinajstić information content (AvgIpc) is 2.48. The Morgan fingerprint density at radius 3 is 2.77 bits per heavy atom. The lowest BCUT2D eigenvalue weighted by molar-refractivity contribution is 0.0695. The first-order valence-corrected chi connectivity index (χ1v) is 4.48. The molecule has 1 aromatic heterocycles. The Labute approximate surface area is 77.2 Å². The molecule has 13 heavy (non-hydrogen) atoms. The van der Waals surface area contributed by atoms with Gasteiger partial charge in [0.25, 0.3) is 0 Å². The Balaban J connectivity index is 3.00. The molecule has 1 N–H and O–H groups in total. The molecule has 0 amide bonds. The molecule has 0 fully saturated rings. The standard InChI is InChI=1S/C9H14N2O2/c1-3-5-8-7(9(12)13)6-11(4-2)10-8/h6H,3-5H2,1-2H3,(H,12,13). The van der Waals surface area contributed by atoms with E-state index in [1.807, 2.05) is 13.8 Å². The van der Waals surface area contributed by atoms with Crippen LogP contribution in [-0.4, -0.2) is 20.9 Å². The Bertz CT molecular complexity index is 305. The van der Waals surface area contributed by atoms with E-state index < -0.39 is 5.97 Å². The minimum atomic E-state index is -0.886. The van der Waals surface area contributed by atoms with E-state index >= 15 is 0 Å². The van der Waals surface area contributed by atoms with Crippen LogP contribution in [0.1, 0.15) is 36.3 Å². The van der Waals surface area contributed by atoms with Crippen molar-refractivity contribution in [2.24, 2.45) is 0 Å². The molecule has 1 rings (SSSR count). The number of aryl methyl sites for hydroxylation is 2. The van der Waals surface area contributed by atoms with Gasteiger partial charge in [0.2, 0.25) is 0 Å². The molecule has 0 aromatic carbocycles. The average molecular weight is 182 g/mol. The van der Waals surface area contributed by atoms with Crippen molar-refractivity contribution in [3.63, 3.8) is 0 Å². The molecule has 4 heteroatoms. The first kappa shape index (κ1) is 9.77. The Hall–Kier alpha value is -1.32. The van der Waals surface area contributed by atoms with E-state index in [0.717, 1.165) is 12.8 Å². The van der Waals surface area contributed by atoms with Gasteiger partial charge in [-0.1, -0.05) is 13.3 Å². The highest BCUT2D eigenvalue weighted by Crippen LogP contribution is 2.09. The van der Waals surface area contributed by atoms with E-state index in [2.05, 4.69) is 5.10 Å². The van der Waals surface area contributed by atoms with Crippen molar-refractivity contribution < 1.29 is 9.90 Å². The van der Waals surface area contributed by atoms with Crippen LogP contribution in [0.5, 0.6) is 0 Å². The second kappa shape index (κ2) is 4.07. The molecule has 0 aliphatic carbocycles. The summed E-state index contributed by atoms with van der Waals surface area (Å²) in [7, 11) is 0. The van der Waals surface area contributed by atoms with Crippen LogP contribution < -0.4 is 0 Å². The number of rotatable bonds is 4. The molecular formula is C9H14N2O2. The van der Waals surface area contributed by atoms with Crippen molar-refractivity contribution in [1.29, 1.82) is 0 Å². The number of aromatic carboxylic acids is 1. The molecular weight excluding hydrogens is 168 g/mol. The molecule has 1 heterocycles. The largest absolute Gasteiger partial charge is 0.478 e. The second-order valence-corrected chi connectivity index (χ2v) is 2.90. The van der Waals surface area contributed by atoms with Crippen LogP contribution in [0, 0.1) is 0 Å². The van der Waals surface area contributed by atoms with Gasteiger partial charge in [-0.2, -0.15) is 5.10 Å². The fraction of sp³-hybridized carbons (Fsp3) is 0.556. The van der Waals surface area contributed by atoms with Crippen LogP contribution in [-0.2, 0) is 13.0 Å². The lowest BCUT2D eigenvalue weighted by Crippen LogP contribution is -1.99. The number of carboxylic acid groups (broad SMARTS) is 1. The molecule has 0 aliphatic rings. The maximum Gasteiger partial charge on any atom is 0.339 e. The van der Waals surface area contributed by atoms with Crippen molar-refractivity contribution in [2.45, 2.75) is 33.2 Å². The van der Waals surface area contributed by atoms with Gasteiger partial charge in [0, 0.05) is 12.7 Å². The molecule has 4 nitrogen and oxygen atoms in total. The van der Waals surface area contributed by atoms with Crippen molar-refractivity contribution in [3.05, 3.63) is 17.5 Å². The minimum absolute atomic E-state index is 0.337. The van der Waals surface area contributed by atoms with E-state index in [0.29, 0.717) is 17.8 Å². The van der Waals surface area contributed by atoms with Crippen molar-refractivity contribution in [2.75, 3.05) is 0 Å². The lowest BCUT2D eigenvalue weighted by Gasteiger charge is -1.93. The maximum absolute atomic E-state index is 10.8. The van der Waals surface area contributed by atoms with Gasteiger partial charge in [0.1, 0.15) is 5.56 Å². The summed E-state index contributed by atoms with van der Waals surface area (Å²) >= 11 is 0. The van der Waals surface area contributed by atoms with Gasteiger partial charge in [-0.15, -0.1) is 0 Å². The number of aromatic nitrogens is 2. The summed E-state index contributed by atoms with van der Waals surface area (Å²) in [4.78, 5) is 10.8. The summed E-state index contributed by atoms with van der Waals surface area (Å²) < 4.78 is 1.66. The number of carboxylic acids is 1. The first-order valence-electron chi connectivity index (χ1n) is 4.48. The van der Waals surface area contributed by atoms with Crippen molar-refractivity contribution >= 4 is 5.97 Å². The predicted octanol–water partition coefficient (Wildman–Crippen LogP) is 1.55. The van der Waals surface area contributed by atoms with Gasteiger partial charge < -0.3 is 5.11 Å². The molecule has 0 saturated heterocycles. The molecule has 0 aliphatic heterocycles. The number of hydrogen-bond donors (Lipinski definition) is 1. The fourth-order valence-corrected chi connectivity index (χ4v) is 1.22. The number of carbonyl (C=O) groups is 1. The Morgan fingerprint density at radius 2 is 2.31 bits per heavy atom. The van der Waals surface area contributed by atoms with Crippen LogP contribution in [0.25, 0.3) is 0 Å². The zero-order valence-corrected chi connectivity index (χ0v) is 7.95. The van der Waals surface area contributed by atoms with Crippen LogP contribution in [0.15, 0.2) is 6.20 Å². The maximum atomic E-state index is 10.8. The third-order valence-electron chi connectivity index (χ3n) is 1.88. The third kappa shape index (κ3) is 2.08. The molecule has 1 aromatic rings. The zero-order valence-electron chi connectivity index (χ0n) is 7.95. The first-order chi connectivity index (χ1) is 6.19. The van der Waals surface area contributed by atoms with Gasteiger partial charge in [0.15, 0.2) is 0 Å². The highest BCUT2D eigenvalue weighted by molar-refractivity contribution is 5.88. The van der Waals surface area contributed by atoms with Crippen molar-refractivity contribution in [3.8, 4) is 0 Å². The molecule has 0 bridgehead atoms. The van der Waals surface area contributed by atoms with E-state index in [4.69, 9.17) is 5.11 Å². The highest BCUT2D eigenvalue weighted by Gasteiger charge is 2.13. The number of hydrogen-bond acceptors (Lipinski definition) is 2. The smallest absolute Gasteiger partial charge is 0.339 e. The fourth-order valence-electron chi connectivity index (χ4n) is 1.22. The van der Waals surface area contributed by atoms with Gasteiger partial charge in [-0.3, -0.25) is 4.68 Å². The van der Waals surface area contributed by atoms with Gasteiger partial charge in [-0.25, -0.2) is 4.79 Å². The molecule has 0 saturated carbocycles. The topological polar surface area (TPSA) is 55.1 Å². The molecule has 0 atom stereocenters. The third-order valence-corrected chi connectivity index (χ3v) is 1.88. The lowest BCUT2D eigenvalue weighted by atomic mass is 10.2. The van der Waals surface area contributed by atoms with Gasteiger partial charge in [-0.05, 0) is 13.3 Å². The van der Waals surface area contributed by atoms with Crippen molar-refractivity contribution in [1.82, 2.24) is 9.78 Å². The summed E-state index contributed by atoms with van der Waals surface area (Å²) in [6.07, 6.45) is 3.24. The van der Waals surface area contributed by atoms with Gasteiger partial charge in [0.05, 0.1) is 5.69 Å². The summed E-state index contributed by atoms with van der Waals surface area (Å²) in [6.45, 7) is 4.66. The Kier molecular flexibility index (Phi) is 3.06. The second-order valence-electron chi connectivity index (χ2n) is 2.90. The molecule has 72 valence electrons. The molecule has 0 unspecified atom stereocenters. The van der Waals surface area contributed by atoms with Crippen LogP contribution >= 0.6 is 0 Å². The summed E-state index contributed by atoms with van der Waals surface area (Å²) in [5, 5.41) is 13.0. The summed E-state index contributed by atoms with van der Waals surface area (Å²) in [6, 6.07) is 0. The van der Waals surface area contributed by atoms with E-state index in [9.17, 15) is 4.79 Å². The quantitative estimate of drug-likeness (QED) is 0.768. The Morgan fingerprint density at radius 1 is 1.62 bits per heavy atom. The molecule has 0 spiro atoms. The monoisotopic (exact) mass is 182 g/mol. The summed E-state index contributed by atoms with van der Waals surface area (Å²) in [5.74, 6) is -0.886. The normalized spacial score (nSPS) is 10.3. The SMILES string of the molecule is CCCc1nn(CC)cc1C(=O)O. The zero-order chi connectivity index (χ0) is 9.84. The molecule has 0 radical (unpaired) electrons. The van der Waals surface area contributed by atoms with E-state index in [1.165, 1.54) is 0 Å². The highest BCUT2D eigenvalue weighted by atomic mass is 16.4. The van der Waals surface area contributed by atoms with Crippen LogP contribution in [0.2, 0.25) is 0 Å². The predicted molar refractivity (Wildman–Crippen MR) is 48.9 cm³/mol. The number of nitrogens with zero attached hydrogens (tertiary/aromatic N) is 2. The van der Waals surface area contributed by atoms with E-state index in [-0.39, 0.29) is 0 Å². The summed E-state index contributed by atoms with van der Waals surface area (Å²) in [5.41, 5.74) is 1.03. The van der Waals surface area contributed by atoms with Crippen LogP contribution in [0.3, 0.4) is 0 Å².